The number of β-amino-alcohol motifs (C(OH)–C–C–N with tert-alkyl or cyclic N) is 2. The van der Waals surface area contributed by atoms with Gasteiger partial charge in [0.2, 0.25) is 0 Å². The first-order valence-corrected chi connectivity index (χ1v) is 6.42. The van der Waals surface area contributed by atoms with E-state index in [1.165, 1.54) is 0 Å². The molecule has 1 aromatic heterocycles. The van der Waals surface area contributed by atoms with E-state index in [2.05, 4.69) is 11.8 Å². The van der Waals surface area contributed by atoms with E-state index in [4.69, 9.17) is 5.73 Å². The normalized spacial score (nSPS) is 24.6. The summed E-state index contributed by atoms with van der Waals surface area (Å²) in [4.78, 5) is 3.20. The Morgan fingerprint density at radius 3 is 2.76 bits per heavy atom. The quantitative estimate of drug-likeness (QED) is 0.626. The summed E-state index contributed by atoms with van der Waals surface area (Å²) in [7, 11) is 0. The molecule has 5 heteroatoms. The Morgan fingerprint density at radius 2 is 2.12 bits per heavy atom. The molecule has 1 aliphatic heterocycles. The van der Waals surface area contributed by atoms with Crippen LogP contribution in [-0.2, 0) is 6.54 Å². The van der Waals surface area contributed by atoms with Crippen molar-refractivity contribution in [2.75, 3.05) is 19.6 Å². The van der Waals surface area contributed by atoms with Crippen molar-refractivity contribution in [3.05, 3.63) is 21.9 Å². The molecule has 0 aromatic carbocycles. The second-order valence-electron chi connectivity index (χ2n) is 4.09. The molecule has 0 spiro atoms. The van der Waals surface area contributed by atoms with Crippen molar-refractivity contribution in [1.82, 2.24) is 4.90 Å². The Kier molecular flexibility index (Phi) is 4.15. The van der Waals surface area contributed by atoms with Crippen LogP contribution in [0.25, 0.3) is 0 Å². The Bertz CT molecular complexity index is 425. The molecular formula is C12H16N2O2S. The summed E-state index contributed by atoms with van der Waals surface area (Å²) >= 11 is 1.64. The molecule has 1 aliphatic rings. The molecule has 0 radical (unpaired) electrons. The maximum Gasteiger partial charge on any atom is 0.0938 e. The Morgan fingerprint density at radius 1 is 1.41 bits per heavy atom. The Labute approximate surface area is 105 Å². The molecule has 0 saturated carbocycles. The summed E-state index contributed by atoms with van der Waals surface area (Å²) in [6, 6.07) is 1.98. The third-order valence-corrected chi connectivity index (χ3v) is 3.68. The maximum atomic E-state index is 9.47. The molecular weight excluding hydrogens is 236 g/mol. The molecule has 4 N–H and O–H groups in total. The highest BCUT2D eigenvalue weighted by Gasteiger charge is 2.29. The minimum atomic E-state index is -0.631. The van der Waals surface area contributed by atoms with Gasteiger partial charge in [-0.05, 0) is 11.4 Å². The zero-order valence-electron chi connectivity index (χ0n) is 9.47. The SMILES string of the molecule is NCC#Cc1ccsc1CN1CC(O)C(O)C1. The second-order valence-corrected chi connectivity index (χ2v) is 5.09. The van der Waals surface area contributed by atoms with Gasteiger partial charge in [0.05, 0.1) is 18.8 Å². The minimum absolute atomic E-state index is 0.358. The van der Waals surface area contributed by atoms with Crippen molar-refractivity contribution in [2.45, 2.75) is 18.8 Å². The number of likely N-dealkylation sites (tertiary alicyclic amines) is 1. The zero-order valence-corrected chi connectivity index (χ0v) is 10.3. The monoisotopic (exact) mass is 252 g/mol. The van der Waals surface area contributed by atoms with Crippen LogP contribution in [0.15, 0.2) is 11.4 Å². The number of nitrogens with zero attached hydrogens (tertiary/aromatic N) is 1. The Balaban J connectivity index is 2.02. The molecule has 2 atom stereocenters. The van der Waals surface area contributed by atoms with Gasteiger partial charge in [0, 0.05) is 30.1 Å². The number of nitrogens with two attached hydrogens (primary N) is 1. The molecule has 1 saturated heterocycles. The van der Waals surface area contributed by atoms with Crippen LogP contribution in [0.4, 0.5) is 0 Å². The molecule has 0 amide bonds. The van der Waals surface area contributed by atoms with Gasteiger partial charge in [-0.2, -0.15) is 0 Å². The summed E-state index contributed by atoms with van der Waals surface area (Å²) in [6.07, 6.45) is -1.26. The van der Waals surface area contributed by atoms with Crippen LogP contribution in [0, 0.1) is 11.8 Å². The van der Waals surface area contributed by atoms with Crippen molar-refractivity contribution in [3.63, 3.8) is 0 Å². The van der Waals surface area contributed by atoms with Crippen LogP contribution < -0.4 is 5.73 Å². The topological polar surface area (TPSA) is 69.7 Å². The molecule has 92 valence electrons. The number of rotatable bonds is 2. The lowest BCUT2D eigenvalue weighted by atomic mass is 10.2. The van der Waals surface area contributed by atoms with Gasteiger partial charge in [-0.25, -0.2) is 0 Å². The standard InChI is InChI=1S/C12H16N2O2S/c13-4-1-2-9-3-5-17-12(9)8-14-6-10(15)11(16)7-14/h3,5,10-11,15-16H,4,6-8,13H2. The largest absolute Gasteiger partial charge is 0.389 e. The molecule has 17 heavy (non-hydrogen) atoms. The first-order valence-electron chi connectivity index (χ1n) is 5.54. The molecule has 4 nitrogen and oxygen atoms in total. The van der Waals surface area contributed by atoms with Crippen LogP contribution in [0.1, 0.15) is 10.4 Å². The van der Waals surface area contributed by atoms with Gasteiger partial charge in [-0.1, -0.05) is 11.8 Å². The van der Waals surface area contributed by atoms with Gasteiger partial charge in [0.15, 0.2) is 0 Å². The van der Waals surface area contributed by atoms with Gasteiger partial charge in [-0.3, -0.25) is 4.90 Å². The molecule has 2 rings (SSSR count). The second kappa shape index (κ2) is 5.63. The molecule has 1 aromatic rings. The van der Waals surface area contributed by atoms with Gasteiger partial charge < -0.3 is 15.9 Å². The van der Waals surface area contributed by atoms with E-state index >= 15 is 0 Å². The molecule has 0 bridgehead atoms. The van der Waals surface area contributed by atoms with Crippen LogP contribution in [0.2, 0.25) is 0 Å². The lowest BCUT2D eigenvalue weighted by Gasteiger charge is -2.13. The zero-order chi connectivity index (χ0) is 12.3. The van der Waals surface area contributed by atoms with Gasteiger partial charge >= 0.3 is 0 Å². The van der Waals surface area contributed by atoms with Crippen molar-refractivity contribution < 1.29 is 10.2 Å². The average molecular weight is 252 g/mol. The number of aliphatic hydroxyl groups is 2. The summed E-state index contributed by atoms with van der Waals surface area (Å²) in [6.45, 7) is 2.11. The van der Waals surface area contributed by atoms with Gasteiger partial charge in [-0.15, -0.1) is 11.3 Å². The predicted octanol–water partition coefficient (Wildman–Crippen LogP) is -0.404. The number of aliphatic hydroxyl groups excluding tert-OH is 2. The van der Waals surface area contributed by atoms with Gasteiger partial charge in [0.25, 0.3) is 0 Å². The average Bonchev–Trinajstić information content (AvgIpc) is 2.85. The fraction of sp³-hybridized carbons (Fsp3) is 0.500. The third kappa shape index (κ3) is 3.06. The lowest BCUT2D eigenvalue weighted by Crippen LogP contribution is -2.22. The fourth-order valence-corrected chi connectivity index (χ4v) is 2.77. The van der Waals surface area contributed by atoms with Crippen molar-refractivity contribution in [1.29, 1.82) is 0 Å². The van der Waals surface area contributed by atoms with Crippen molar-refractivity contribution in [3.8, 4) is 11.8 Å². The summed E-state index contributed by atoms with van der Waals surface area (Å²) < 4.78 is 0. The van der Waals surface area contributed by atoms with E-state index in [1.54, 1.807) is 11.3 Å². The third-order valence-electron chi connectivity index (χ3n) is 2.77. The van der Waals surface area contributed by atoms with Crippen LogP contribution in [0.5, 0.6) is 0 Å². The molecule has 2 unspecified atom stereocenters. The van der Waals surface area contributed by atoms with Crippen LogP contribution in [-0.4, -0.2) is 47.0 Å². The lowest BCUT2D eigenvalue weighted by molar-refractivity contribution is 0.0572. The first-order chi connectivity index (χ1) is 8.20. The number of hydrogen-bond acceptors (Lipinski definition) is 5. The highest BCUT2D eigenvalue weighted by molar-refractivity contribution is 7.10. The van der Waals surface area contributed by atoms with Crippen molar-refractivity contribution >= 4 is 11.3 Å². The molecule has 2 heterocycles. The summed E-state index contributed by atoms with van der Waals surface area (Å²) in [5.74, 6) is 5.87. The highest BCUT2D eigenvalue weighted by Crippen LogP contribution is 2.21. The predicted molar refractivity (Wildman–Crippen MR) is 67.5 cm³/mol. The minimum Gasteiger partial charge on any atom is -0.389 e. The summed E-state index contributed by atoms with van der Waals surface area (Å²) in [5.41, 5.74) is 6.35. The van der Waals surface area contributed by atoms with E-state index < -0.39 is 12.2 Å². The van der Waals surface area contributed by atoms with Crippen molar-refractivity contribution in [2.24, 2.45) is 5.73 Å². The maximum absolute atomic E-state index is 9.47. The first kappa shape index (κ1) is 12.6. The van der Waals surface area contributed by atoms with E-state index in [9.17, 15) is 10.2 Å². The van der Waals surface area contributed by atoms with Crippen LogP contribution >= 0.6 is 11.3 Å². The highest BCUT2D eigenvalue weighted by atomic mass is 32.1. The van der Waals surface area contributed by atoms with Crippen LogP contribution in [0.3, 0.4) is 0 Å². The fourth-order valence-electron chi connectivity index (χ4n) is 1.90. The Hall–Kier alpha value is -0.900. The summed E-state index contributed by atoms with van der Waals surface area (Å²) in [5, 5.41) is 20.9. The number of hydrogen-bond donors (Lipinski definition) is 3. The molecule has 0 aliphatic carbocycles. The smallest absolute Gasteiger partial charge is 0.0938 e. The van der Waals surface area contributed by atoms with E-state index in [0.29, 0.717) is 19.6 Å². The molecule has 1 fully saturated rings. The van der Waals surface area contributed by atoms with E-state index in [1.807, 2.05) is 16.3 Å². The van der Waals surface area contributed by atoms with E-state index in [0.717, 1.165) is 17.0 Å². The number of thiophene rings is 1. The van der Waals surface area contributed by atoms with E-state index in [-0.39, 0.29) is 0 Å². The van der Waals surface area contributed by atoms with Gasteiger partial charge in [0.1, 0.15) is 0 Å².